The van der Waals surface area contributed by atoms with Crippen LogP contribution in [0.15, 0.2) is 42.5 Å². The number of carbonyl (C=O) groups excluding carboxylic acids is 2. The monoisotopic (exact) mass is 400 g/mol. The first-order chi connectivity index (χ1) is 9.47. The van der Waals surface area contributed by atoms with Crippen LogP contribution in [0.25, 0.3) is 0 Å². The zero-order valence-electron chi connectivity index (χ0n) is 10.2. The first-order valence-electron chi connectivity index (χ1n) is 5.63. The molecular formula is C14H10ClIN2O2. The average Bonchev–Trinajstić information content (AvgIpc) is 2.39. The Morgan fingerprint density at radius 3 is 2.30 bits per heavy atom. The Kier molecular flexibility index (Phi) is 4.61. The van der Waals surface area contributed by atoms with E-state index in [1.54, 1.807) is 18.2 Å². The van der Waals surface area contributed by atoms with Crippen LogP contribution >= 0.6 is 34.2 Å². The first kappa shape index (κ1) is 14.8. The molecule has 0 aliphatic carbocycles. The van der Waals surface area contributed by atoms with E-state index in [-0.39, 0.29) is 16.5 Å². The van der Waals surface area contributed by atoms with Crippen LogP contribution in [0.1, 0.15) is 20.7 Å². The molecular weight excluding hydrogens is 391 g/mol. The SMILES string of the molecule is NC(=O)c1ccc(NC(=O)c2ccc(I)cc2)cc1Cl. The van der Waals surface area contributed by atoms with Crippen LogP contribution in [0.5, 0.6) is 0 Å². The van der Waals surface area contributed by atoms with Gasteiger partial charge in [-0.05, 0) is 65.1 Å². The molecule has 2 rings (SSSR count). The van der Waals surface area contributed by atoms with E-state index in [2.05, 4.69) is 27.9 Å². The van der Waals surface area contributed by atoms with E-state index in [1.165, 1.54) is 12.1 Å². The van der Waals surface area contributed by atoms with Crippen molar-refractivity contribution in [3.63, 3.8) is 0 Å². The Morgan fingerprint density at radius 2 is 1.75 bits per heavy atom. The maximum Gasteiger partial charge on any atom is 0.255 e. The number of hydrogen-bond acceptors (Lipinski definition) is 2. The molecule has 0 radical (unpaired) electrons. The van der Waals surface area contributed by atoms with Gasteiger partial charge in [0.25, 0.3) is 5.91 Å². The van der Waals surface area contributed by atoms with Gasteiger partial charge in [0.05, 0.1) is 10.6 Å². The molecule has 0 fully saturated rings. The number of nitrogens with one attached hydrogen (secondary N) is 1. The Labute approximate surface area is 134 Å². The number of nitrogens with two attached hydrogens (primary N) is 1. The van der Waals surface area contributed by atoms with Gasteiger partial charge in [0.1, 0.15) is 0 Å². The van der Waals surface area contributed by atoms with Crippen molar-refractivity contribution in [3.05, 3.63) is 62.2 Å². The lowest BCUT2D eigenvalue weighted by atomic mass is 10.1. The van der Waals surface area contributed by atoms with Crippen molar-refractivity contribution in [1.82, 2.24) is 0 Å². The van der Waals surface area contributed by atoms with Crippen LogP contribution in [0.4, 0.5) is 5.69 Å². The van der Waals surface area contributed by atoms with Gasteiger partial charge < -0.3 is 11.1 Å². The topological polar surface area (TPSA) is 72.2 Å². The van der Waals surface area contributed by atoms with Crippen molar-refractivity contribution in [2.75, 3.05) is 5.32 Å². The Hall–Kier alpha value is -1.60. The summed E-state index contributed by atoms with van der Waals surface area (Å²) in [7, 11) is 0. The minimum Gasteiger partial charge on any atom is -0.366 e. The van der Waals surface area contributed by atoms with Crippen molar-refractivity contribution in [3.8, 4) is 0 Å². The molecule has 0 atom stereocenters. The molecule has 102 valence electrons. The normalized spacial score (nSPS) is 10.1. The summed E-state index contributed by atoms with van der Waals surface area (Å²) in [6.45, 7) is 0. The molecule has 0 unspecified atom stereocenters. The second-order valence-electron chi connectivity index (χ2n) is 4.02. The van der Waals surface area contributed by atoms with E-state index in [0.29, 0.717) is 11.3 Å². The fraction of sp³-hybridized carbons (Fsp3) is 0. The number of primary amides is 1. The van der Waals surface area contributed by atoms with E-state index in [9.17, 15) is 9.59 Å². The lowest BCUT2D eigenvalue weighted by Crippen LogP contribution is -2.14. The molecule has 2 amide bonds. The Bertz CT molecular complexity index is 671. The van der Waals surface area contributed by atoms with E-state index < -0.39 is 5.91 Å². The Balaban J connectivity index is 2.18. The molecule has 0 bridgehead atoms. The smallest absolute Gasteiger partial charge is 0.255 e. The summed E-state index contributed by atoms with van der Waals surface area (Å²) in [5.41, 5.74) is 6.43. The molecule has 0 saturated carbocycles. The summed E-state index contributed by atoms with van der Waals surface area (Å²) in [4.78, 5) is 23.1. The van der Waals surface area contributed by atoms with Gasteiger partial charge in [-0.1, -0.05) is 11.6 Å². The molecule has 0 aromatic heterocycles. The van der Waals surface area contributed by atoms with Crippen molar-refractivity contribution >= 4 is 51.7 Å². The molecule has 4 nitrogen and oxygen atoms in total. The van der Waals surface area contributed by atoms with E-state index >= 15 is 0 Å². The molecule has 2 aromatic rings. The highest BCUT2D eigenvalue weighted by Crippen LogP contribution is 2.21. The molecule has 0 heterocycles. The van der Waals surface area contributed by atoms with Crippen LogP contribution in [0.3, 0.4) is 0 Å². The highest BCUT2D eigenvalue weighted by atomic mass is 127. The van der Waals surface area contributed by atoms with Gasteiger partial charge in [-0.25, -0.2) is 0 Å². The van der Waals surface area contributed by atoms with Gasteiger partial charge in [-0.3, -0.25) is 9.59 Å². The molecule has 0 aliphatic rings. The summed E-state index contributed by atoms with van der Waals surface area (Å²) < 4.78 is 1.05. The Morgan fingerprint density at radius 1 is 1.10 bits per heavy atom. The third-order valence-corrected chi connectivity index (χ3v) is 3.63. The standard InChI is InChI=1S/C14H10ClIN2O2/c15-12-7-10(5-6-11(12)13(17)19)18-14(20)8-1-3-9(16)4-2-8/h1-7H,(H2,17,19)(H,18,20). The number of halogens is 2. The molecule has 2 aromatic carbocycles. The molecule has 0 aliphatic heterocycles. The molecule has 3 N–H and O–H groups in total. The average molecular weight is 401 g/mol. The van der Waals surface area contributed by atoms with Crippen molar-refractivity contribution in [1.29, 1.82) is 0 Å². The third-order valence-electron chi connectivity index (χ3n) is 2.60. The van der Waals surface area contributed by atoms with Gasteiger partial charge in [-0.2, -0.15) is 0 Å². The lowest BCUT2D eigenvalue weighted by Gasteiger charge is -2.07. The molecule has 0 saturated heterocycles. The quantitative estimate of drug-likeness (QED) is 0.776. The summed E-state index contributed by atoms with van der Waals surface area (Å²) in [6.07, 6.45) is 0. The third kappa shape index (κ3) is 3.49. The zero-order chi connectivity index (χ0) is 14.7. The molecule has 6 heteroatoms. The van der Waals surface area contributed by atoms with Crippen molar-refractivity contribution in [2.45, 2.75) is 0 Å². The molecule has 0 spiro atoms. The van der Waals surface area contributed by atoms with Gasteiger partial charge in [-0.15, -0.1) is 0 Å². The summed E-state index contributed by atoms with van der Waals surface area (Å²) in [5.74, 6) is -0.852. The molecule has 20 heavy (non-hydrogen) atoms. The minimum atomic E-state index is -0.606. The van der Waals surface area contributed by atoms with Gasteiger partial charge in [0.15, 0.2) is 0 Å². The maximum atomic E-state index is 12.0. The number of rotatable bonds is 3. The van der Waals surface area contributed by atoms with Crippen LogP contribution in [-0.2, 0) is 0 Å². The number of amides is 2. The number of hydrogen-bond donors (Lipinski definition) is 2. The summed E-state index contributed by atoms with van der Waals surface area (Å²) in [5, 5.41) is 2.91. The fourth-order valence-electron chi connectivity index (χ4n) is 1.60. The fourth-order valence-corrected chi connectivity index (χ4v) is 2.23. The van der Waals surface area contributed by atoms with E-state index in [1.807, 2.05) is 12.1 Å². The van der Waals surface area contributed by atoms with E-state index in [4.69, 9.17) is 17.3 Å². The summed E-state index contributed by atoms with van der Waals surface area (Å²) >= 11 is 8.09. The minimum absolute atomic E-state index is 0.206. The van der Waals surface area contributed by atoms with Crippen LogP contribution in [0.2, 0.25) is 5.02 Å². The van der Waals surface area contributed by atoms with Crippen LogP contribution < -0.4 is 11.1 Å². The lowest BCUT2D eigenvalue weighted by molar-refractivity contribution is 0.0998. The van der Waals surface area contributed by atoms with Gasteiger partial charge in [0.2, 0.25) is 5.91 Å². The van der Waals surface area contributed by atoms with Gasteiger partial charge in [0, 0.05) is 14.8 Å². The highest BCUT2D eigenvalue weighted by Gasteiger charge is 2.10. The largest absolute Gasteiger partial charge is 0.366 e. The van der Waals surface area contributed by atoms with Crippen molar-refractivity contribution in [2.24, 2.45) is 5.73 Å². The van der Waals surface area contributed by atoms with Crippen LogP contribution in [0, 0.1) is 3.57 Å². The number of benzene rings is 2. The second kappa shape index (κ2) is 6.23. The summed E-state index contributed by atoms with van der Waals surface area (Å²) in [6, 6.07) is 11.7. The number of anilines is 1. The predicted octanol–water partition coefficient (Wildman–Crippen LogP) is 3.30. The van der Waals surface area contributed by atoms with Gasteiger partial charge >= 0.3 is 0 Å². The van der Waals surface area contributed by atoms with E-state index in [0.717, 1.165) is 3.57 Å². The first-order valence-corrected chi connectivity index (χ1v) is 7.09. The zero-order valence-corrected chi connectivity index (χ0v) is 13.1. The highest BCUT2D eigenvalue weighted by molar-refractivity contribution is 14.1. The van der Waals surface area contributed by atoms with Crippen molar-refractivity contribution < 1.29 is 9.59 Å². The van der Waals surface area contributed by atoms with Crippen LogP contribution in [-0.4, -0.2) is 11.8 Å². The number of carbonyl (C=O) groups is 2. The predicted molar refractivity (Wildman–Crippen MR) is 87.1 cm³/mol. The maximum absolute atomic E-state index is 12.0. The second-order valence-corrected chi connectivity index (χ2v) is 5.67.